The minimum absolute atomic E-state index is 0.0370. The third kappa shape index (κ3) is 3.48. The lowest BCUT2D eigenvalue weighted by molar-refractivity contribution is 0.0116. The Bertz CT molecular complexity index is 427. The Morgan fingerprint density at radius 1 is 1.22 bits per heavy atom. The maximum absolute atomic E-state index is 9.18. The molecule has 0 saturated heterocycles. The number of nitriles is 1. The Morgan fingerprint density at radius 3 is 2.78 bits per heavy atom. The predicted molar refractivity (Wildman–Crippen MR) is 72.2 cm³/mol. The SMILES string of the molecule is N#CC1CCCCCC1OCc1ccccc1Cl. The summed E-state index contributed by atoms with van der Waals surface area (Å²) < 4.78 is 5.93. The van der Waals surface area contributed by atoms with Crippen LogP contribution in [0.15, 0.2) is 24.3 Å². The first-order chi connectivity index (χ1) is 8.81. The van der Waals surface area contributed by atoms with Gasteiger partial charge in [-0.05, 0) is 24.5 Å². The van der Waals surface area contributed by atoms with Crippen molar-refractivity contribution in [1.29, 1.82) is 5.26 Å². The van der Waals surface area contributed by atoms with Gasteiger partial charge >= 0.3 is 0 Å². The third-order valence-electron chi connectivity index (χ3n) is 3.53. The van der Waals surface area contributed by atoms with Crippen LogP contribution in [0.4, 0.5) is 0 Å². The van der Waals surface area contributed by atoms with Crippen LogP contribution in [0, 0.1) is 17.2 Å². The molecular formula is C15H18ClNO. The van der Waals surface area contributed by atoms with Gasteiger partial charge in [-0.25, -0.2) is 0 Å². The molecule has 1 aliphatic carbocycles. The van der Waals surface area contributed by atoms with E-state index >= 15 is 0 Å². The van der Waals surface area contributed by atoms with E-state index < -0.39 is 0 Å². The van der Waals surface area contributed by atoms with E-state index in [-0.39, 0.29) is 12.0 Å². The van der Waals surface area contributed by atoms with Crippen LogP contribution >= 0.6 is 11.6 Å². The highest BCUT2D eigenvalue weighted by atomic mass is 35.5. The molecule has 0 spiro atoms. The summed E-state index contributed by atoms with van der Waals surface area (Å²) in [5.74, 6) is 0.0370. The molecule has 0 N–H and O–H groups in total. The lowest BCUT2D eigenvalue weighted by Gasteiger charge is -2.20. The second-order valence-corrected chi connectivity index (χ2v) is 5.22. The van der Waals surface area contributed by atoms with Gasteiger partial charge in [-0.3, -0.25) is 0 Å². The molecule has 1 aromatic rings. The van der Waals surface area contributed by atoms with Crippen molar-refractivity contribution >= 4 is 11.6 Å². The number of benzene rings is 1. The molecule has 3 heteroatoms. The van der Waals surface area contributed by atoms with Gasteiger partial charge < -0.3 is 4.74 Å². The second-order valence-electron chi connectivity index (χ2n) is 4.81. The fraction of sp³-hybridized carbons (Fsp3) is 0.533. The topological polar surface area (TPSA) is 33.0 Å². The van der Waals surface area contributed by atoms with Crippen molar-refractivity contribution in [2.24, 2.45) is 5.92 Å². The van der Waals surface area contributed by atoms with Crippen molar-refractivity contribution in [2.45, 2.75) is 44.8 Å². The van der Waals surface area contributed by atoms with Gasteiger partial charge in [-0.1, -0.05) is 49.1 Å². The summed E-state index contributed by atoms with van der Waals surface area (Å²) in [5.41, 5.74) is 1.00. The van der Waals surface area contributed by atoms with Gasteiger partial charge in [0.05, 0.1) is 24.7 Å². The molecule has 1 fully saturated rings. The van der Waals surface area contributed by atoms with Gasteiger partial charge in [0.2, 0.25) is 0 Å². The van der Waals surface area contributed by atoms with E-state index in [1.54, 1.807) is 0 Å². The molecule has 0 radical (unpaired) electrons. The molecule has 0 heterocycles. The first-order valence-corrected chi connectivity index (χ1v) is 6.93. The number of hydrogen-bond acceptors (Lipinski definition) is 2. The van der Waals surface area contributed by atoms with E-state index in [1.165, 1.54) is 6.42 Å². The summed E-state index contributed by atoms with van der Waals surface area (Å²) >= 11 is 6.10. The van der Waals surface area contributed by atoms with Crippen LogP contribution in [-0.4, -0.2) is 6.10 Å². The highest BCUT2D eigenvalue weighted by molar-refractivity contribution is 6.31. The van der Waals surface area contributed by atoms with Crippen molar-refractivity contribution < 1.29 is 4.74 Å². The van der Waals surface area contributed by atoms with Gasteiger partial charge in [0, 0.05) is 5.02 Å². The van der Waals surface area contributed by atoms with Crippen LogP contribution in [0.5, 0.6) is 0 Å². The molecule has 96 valence electrons. The largest absolute Gasteiger partial charge is 0.372 e. The minimum Gasteiger partial charge on any atom is -0.372 e. The zero-order chi connectivity index (χ0) is 12.8. The molecule has 2 nitrogen and oxygen atoms in total. The van der Waals surface area contributed by atoms with Crippen LogP contribution in [-0.2, 0) is 11.3 Å². The Kier molecular flexibility index (Phi) is 5.04. The van der Waals surface area contributed by atoms with Crippen LogP contribution in [0.2, 0.25) is 5.02 Å². The summed E-state index contributed by atoms with van der Waals surface area (Å²) in [4.78, 5) is 0. The third-order valence-corrected chi connectivity index (χ3v) is 3.90. The zero-order valence-electron chi connectivity index (χ0n) is 10.4. The maximum Gasteiger partial charge on any atom is 0.0737 e. The standard InChI is InChI=1S/C15H18ClNO/c16-14-8-5-4-7-13(14)11-18-15-9-3-1-2-6-12(15)10-17/h4-5,7-8,12,15H,1-3,6,9,11H2. The highest BCUT2D eigenvalue weighted by Crippen LogP contribution is 2.27. The first-order valence-electron chi connectivity index (χ1n) is 6.56. The van der Waals surface area contributed by atoms with E-state index in [9.17, 15) is 5.26 Å². The molecule has 2 unspecified atom stereocenters. The average molecular weight is 264 g/mol. The van der Waals surface area contributed by atoms with Crippen molar-refractivity contribution in [2.75, 3.05) is 0 Å². The minimum atomic E-state index is 0.0370. The number of rotatable bonds is 3. The number of ether oxygens (including phenoxy) is 1. The molecule has 1 aliphatic rings. The van der Waals surface area contributed by atoms with E-state index in [4.69, 9.17) is 16.3 Å². The molecule has 1 aromatic carbocycles. The Morgan fingerprint density at radius 2 is 2.00 bits per heavy atom. The summed E-state index contributed by atoms with van der Waals surface area (Å²) in [6.07, 6.45) is 5.53. The molecule has 1 saturated carbocycles. The smallest absolute Gasteiger partial charge is 0.0737 e. The van der Waals surface area contributed by atoms with Gasteiger partial charge in [-0.15, -0.1) is 0 Å². The molecule has 0 aliphatic heterocycles. The normalized spacial score (nSPS) is 24.2. The fourth-order valence-electron chi connectivity index (χ4n) is 2.43. The van der Waals surface area contributed by atoms with Gasteiger partial charge in [0.15, 0.2) is 0 Å². The molecular weight excluding hydrogens is 246 g/mol. The lowest BCUT2D eigenvalue weighted by atomic mass is 9.99. The van der Waals surface area contributed by atoms with E-state index in [0.717, 1.165) is 36.3 Å². The Balaban J connectivity index is 1.96. The van der Waals surface area contributed by atoms with Crippen molar-refractivity contribution in [3.8, 4) is 6.07 Å². The lowest BCUT2D eigenvalue weighted by Crippen LogP contribution is -2.21. The second kappa shape index (κ2) is 6.78. The number of halogens is 1. The van der Waals surface area contributed by atoms with E-state index in [1.807, 2.05) is 24.3 Å². The Labute approximate surface area is 114 Å². The molecule has 0 bridgehead atoms. The van der Waals surface area contributed by atoms with Crippen LogP contribution < -0.4 is 0 Å². The Hall–Kier alpha value is -1.04. The van der Waals surface area contributed by atoms with E-state index in [2.05, 4.69) is 6.07 Å². The summed E-state index contributed by atoms with van der Waals surface area (Å²) in [6.45, 7) is 0.503. The average Bonchev–Trinajstić information content (AvgIpc) is 2.62. The fourth-order valence-corrected chi connectivity index (χ4v) is 2.62. The molecule has 18 heavy (non-hydrogen) atoms. The van der Waals surface area contributed by atoms with Gasteiger partial charge in [0.1, 0.15) is 0 Å². The number of hydrogen-bond donors (Lipinski definition) is 0. The number of nitrogens with zero attached hydrogens (tertiary/aromatic N) is 1. The highest BCUT2D eigenvalue weighted by Gasteiger charge is 2.24. The summed E-state index contributed by atoms with van der Waals surface area (Å²) in [6, 6.07) is 10.1. The predicted octanol–water partition coefficient (Wildman–Crippen LogP) is 4.33. The van der Waals surface area contributed by atoms with Crippen LogP contribution in [0.3, 0.4) is 0 Å². The molecule has 0 aromatic heterocycles. The van der Waals surface area contributed by atoms with Gasteiger partial charge in [0.25, 0.3) is 0 Å². The maximum atomic E-state index is 9.18. The zero-order valence-corrected chi connectivity index (χ0v) is 11.2. The van der Waals surface area contributed by atoms with Crippen molar-refractivity contribution in [3.63, 3.8) is 0 Å². The molecule has 2 rings (SSSR count). The summed E-state index contributed by atoms with van der Waals surface area (Å²) in [7, 11) is 0. The molecule has 2 atom stereocenters. The first kappa shape index (κ1) is 13.4. The van der Waals surface area contributed by atoms with Gasteiger partial charge in [-0.2, -0.15) is 5.26 Å². The molecule has 0 amide bonds. The van der Waals surface area contributed by atoms with Crippen molar-refractivity contribution in [1.82, 2.24) is 0 Å². The van der Waals surface area contributed by atoms with Crippen LogP contribution in [0.25, 0.3) is 0 Å². The monoisotopic (exact) mass is 263 g/mol. The quantitative estimate of drug-likeness (QED) is 0.761. The van der Waals surface area contributed by atoms with E-state index in [0.29, 0.717) is 6.61 Å². The summed E-state index contributed by atoms with van der Waals surface area (Å²) in [5, 5.41) is 9.92. The van der Waals surface area contributed by atoms with Crippen LogP contribution in [0.1, 0.15) is 37.7 Å². The van der Waals surface area contributed by atoms with Crippen molar-refractivity contribution in [3.05, 3.63) is 34.9 Å².